The zero-order chi connectivity index (χ0) is 12.4. The molecule has 0 aliphatic rings. The van der Waals surface area contributed by atoms with Crippen LogP contribution in [-0.2, 0) is 0 Å². The lowest BCUT2D eigenvalue weighted by atomic mass is 10.3. The molecule has 0 aliphatic heterocycles. The molecule has 2 aromatic rings. The van der Waals surface area contributed by atoms with Crippen molar-refractivity contribution in [2.45, 2.75) is 6.92 Å². The zero-order valence-electron chi connectivity index (χ0n) is 9.04. The third-order valence-corrected chi connectivity index (χ3v) is 3.07. The first-order valence-corrected chi connectivity index (χ1v) is 6.04. The van der Waals surface area contributed by atoms with Crippen LogP contribution in [0.2, 0.25) is 5.02 Å². The van der Waals surface area contributed by atoms with Crippen LogP contribution in [0.1, 0.15) is 5.56 Å². The molecule has 0 spiro atoms. The third-order valence-electron chi connectivity index (χ3n) is 2.17. The molecule has 0 amide bonds. The van der Waals surface area contributed by atoms with Crippen LogP contribution in [-0.4, -0.2) is 9.97 Å². The van der Waals surface area contributed by atoms with Crippen molar-refractivity contribution in [1.29, 1.82) is 0 Å². The molecule has 2 rings (SSSR count). The summed E-state index contributed by atoms with van der Waals surface area (Å²) in [6.07, 6.45) is 1.68. The van der Waals surface area contributed by atoms with E-state index in [9.17, 15) is 0 Å². The monoisotopic (exact) mass is 312 g/mol. The SMILES string of the molecule is Cc1cnc(N)nc1Nc1ccc(Cl)cc1Br. The third kappa shape index (κ3) is 2.87. The molecule has 0 fully saturated rings. The highest BCUT2D eigenvalue weighted by Gasteiger charge is 2.05. The molecule has 0 bridgehead atoms. The lowest BCUT2D eigenvalue weighted by Gasteiger charge is -2.10. The highest BCUT2D eigenvalue weighted by atomic mass is 79.9. The highest BCUT2D eigenvalue weighted by Crippen LogP contribution is 2.28. The minimum Gasteiger partial charge on any atom is -0.368 e. The molecule has 17 heavy (non-hydrogen) atoms. The van der Waals surface area contributed by atoms with Crippen LogP contribution >= 0.6 is 27.5 Å². The van der Waals surface area contributed by atoms with E-state index in [0.29, 0.717) is 10.8 Å². The van der Waals surface area contributed by atoms with Gasteiger partial charge in [0.2, 0.25) is 5.95 Å². The average molecular weight is 314 g/mol. The average Bonchev–Trinajstić information content (AvgIpc) is 2.27. The van der Waals surface area contributed by atoms with E-state index in [2.05, 4.69) is 31.2 Å². The maximum Gasteiger partial charge on any atom is 0.221 e. The van der Waals surface area contributed by atoms with Crippen molar-refractivity contribution in [3.05, 3.63) is 39.5 Å². The number of aryl methyl sites for hydroxylation is 1. The minimum atomic E-state index is 0.239. The van der Waals surface area contributed by atoms with Gasteiger partial charge in [-0.2, -0.15) is 4.98 Å². The molecule has 1 aromatic carbocycles. The van der Waals surface area contributed by atoms with Gasteiger partial charge in [-0.3, -0.25) is 0 Å². The van der Waals surface area contributed by atoms with Gasteiger partial charge in [0.25, 0.3) is 0 Å². The van der Waals surface area contributed by atoms with Crippen molar-refractivity contribution < 1.29 is 0 Å². The van der Waals surface area contributed by atoms with Crippen LogP contribution in [0.25, 0.3) is 0 Å². The number of nitrogen functional groups attached to an aromatic ring is 1. The van der Waals surface area contributed by atoms with Crippen LogP contribution in [0, 0.1) is 6.92 Å². The second-order valence-corrected chi connectivity index (χ2v) is 4.80. The van der Waals surface area contributed by atoms with E-state index >= 15 is 0 Å². The Kier molecular flexibility index (Phi) is 3.49. The van der Waals surface area contributed by atoms with E-state index in [0.717, 1.165) is 15.7 Å². The Morgan fingerprint density at radius 2 is 2.18 bits per heavy atom. The molecule has 4 nitrogen and oxygen atoms in total. The predicted octanol–water partition coefficient (Wildman–Crippen LogP) is 3.53. The first-order chi connectivity index (χ1) is 8.06. The summed E-state index contributed by atoms with van der Waals surface area (Å²) in [4.78, 5) is 8.04. The summed E-state index contributed by atoms with van der Waals surface area (Å²) < 4.78 is 0.863. The zero-order valence-corrected chi connectivity index (χ0v) is 11.4. The quantitative estimate of drug-likeness (QED) is 0.890. The molecule has 1 heterocycles. The van der Waals surface area contributed by atoms with Crippen molar-refractivity contribution in [1.82, 2.24) is 9.97 Å². The van der Waals surface area contributed by atoms with Crippen molar-refractivity contribution in [2.24, 2.45) is 0 Å². The minimum absolute atomic E-state index is 0.239. The Balaban J connectivity index is 2.34. The van der Waals surface area contributed by atoms with Gasteiger partial charge in [0.1, 0.15) is 5.82 Å². The number of hydrogen-bond donors (Lipinski definition) is 2. The number of aromatic nitrogens is 2. The van der Waals surface area contributed by atoms with E-state index in [1.165, 1.54) is 0 Å². The Hall–Kier alpha value is -1.33. The van der Waals surface area contributed by atoms with E-state index in [1.807, 2.05) is 19.1 Å². The van der Waals surface area contributed by atoms with Crippen LogP contribution < -0.4 is 11.1 Å². The summed E-state index contributed by atoms with van der Waals surface area (Å²) >= 11 is 9.30. The Morgan fingerprint density at radius 3 is 2.88 bits per heavy atom. The maximum atomic E-state index is 5.87. The first kappa shape index (κ1) is 12.1. The largest absolute Gasteiger partial charge is 0.368 e. The predicted molar refractivity (Wildman–Crippen MR) is 73.6 cm³/mol. The lowest BCUT2D eigenvalue weighted by Crippen LogP contribution is -2.02. The maximum absolute atomic E-state index is 5.87. The molecule has 0 unspecified atom stereocenters. The number of halogens is 2. The van der Waals surface area contributed by atoms with Gasteiger partial charge in [0.15, 0.2) is 0 Å². The van der Waals surface area contributed by atoms with Gasteiger partial charge in [-0.1, -0.05) is 11.6 Å². The fourth-order valence-corrected chi connectivity index (χ4v) is 2.08. The van der Waals surface area contributed by atoms with E-state index in [-0.39, 0.29) is 5.95 Å². The molecule has 0 saturated carbocycles. The van der Waals surface area contributed by atoms with Crippen molar-refractivity contribution in [3.8, 4) is 0 Å². The van der Waals surface area contributed by atoms with Crippen LogP contribution in [0.3, 0.4) is 0 Å². The molecule has 3 N–H and O–H groups in total. The standard InChI is InChI=1S/C11H10BrClN4/c1-6-5-15-11(14)17-10(6)16-9-3-2-7(13)4-8(9)12/h2-5H,1H3,(H3,14,15,16,17). The van der Waals surface area contributed by atoms with E-state index in [1.54, 1.807) is 12.3 Å². The number of hydrogen-bond acceptors (Lipinski definition) is 4. The van der Waals surface area contributed by atoms with Crippen molar-refractivity contribution >= 4 is 45.0 Å². The summed E-state index contributed by atoms with van der Waals surface area (Å²) in [6.45, 7) is 1.91. The molecular weight excluding hydrogens is 304 g/mol. The van der Waals surface area contributed by atoms with E-state index in [4.69, 9.17) is 17.3 Å². The summed E-state index contributed by atoms with van der Waals surface area (Å²) in [5.41, 5.74) is 7.34. The van der Waals surface area contributed by atoms with E-state index < -0.39 is 0 Å². The van der Waals surface area contributed by atoms with Crippen molar-refractivity contribution in [2.75, 3.05) is 11.1 Å². The second-order valence-electron chi connectivity index (χ2n) is 3.51. The van der Waals surface area contributed by atoms with Gasteiger partial charge in [0, 0.05) is 21.3 Å². The number of anilines is 3. The molecule has 88 valence electrons. The topological polar surface area (TPSA) is 63.8 Å². The molecule has 0 saturated heterocycles. The van der Waals surface area contributed by atoms with Gasteiger partial charge in [-0.05, 0) is 41.1 Å². The molecule has 0 atom stereocenters. The number of nitrogens with one attached hydrogen (secondary N) is 1. The highest BCUT2D eigenvalue weighted by molar-refractivity contribution is 9.10. The molecule has 1 aromatic heterocycles. The first-order valence-electron chi connectivity index (χ1n) is 4.87. The molecule has 0 radical (unpaired) electrons. The van der Waals surface area contributed by atoms with Gasteiger partial charge < -0.3 is 11.1 Å². The lowest BCUT2D eigenvalue weighted by molar-refractivity contribution is 1.15. The smallest absolute Gasteiger partial charge is 0.221 e. The summed E-state index contributed by atoms with van der Waals surface area (Å²) in [7, 11) is 0. The molecule has 0 aliphatic carbocycles. The number of benzene rings is 1. The van der Waals surface area contributed by atoms with Gasteiger partial charge in [0.05, 0.1) is 5.69 Å². The van der Waals surface area contributed by atoms with Gasteiger partial charge in [-0.15, -0.1) is 0 Å². The van der Waals surface area contributed by atoms with Gasteiger partial charge in [-0.25, -0.2) is 4.98 Å². The number of nitrogens with zero attached hydrogens (tertiary/aromatic N) is 2. The van der Waals surface area contributed by atoms with Gasteiger partial charge >= 0.3 is 0 Å². The van der Waals surface area contributed by atoms with Crippen LogP contribution in [0.15, 0.2) is 28.9 Å². The fourth-order valence-electron chi connectivity index (χ4n) is 1.30. The normalized spacial score (nSPS) is 10.3. The van der Waals surface area contributed by atoms with Crippen molar-refractivity contribution in [3.63, 3.8) is 0 Å². The Labute approximate surface area is 112 Å². The molecule has 6 heteroatoms. The summed E-state index contributed by atoms with van der Waals surface area (Å²) in [6, 6.07) is 5.47. The van der Waals surface area contributed by atoms with Crippen LogP contribution in [0.5, 0.6) is 0 Å². The number of rotatable bonds is 2. The fraction of sp³-hybridized carbons (Fsp3) is 0.0909. The second kappa shape index (κ2) is 4.89. The molecular formula is C11H10BrClN4. The summed E-state index contributed by atoms with van der Waals surface area (Å²) in [5.74, 6) is 0.920. The Bertz CT molecular complexity index is 559. The van der Waals surface area contributed by atoms with Crippen LogP contribution in [0.4, 0.5) is 17.5 Å². The Morgan fingerprint density at radius 1 is 1.41 bits per heavy atom. The summed E-state index contributed by atoms with van der Waals surface area (Å²) in [5, 5.41) is 3.84. The number of nitrogens with two attached hydrogens (primary N) is 1.